The summed E-state index contributed by atoms with van der Waals surface area (Å²) in [6.07, 6.45) is 3.72. The number of nitrogens with zero attached hydrogens (tertiary/aromatic N) is 3. The van der Waals surface area contributed by atoms with Crippen molar-refractivity contribution in [2.75, 3.05) is 19.6 Å². The number of nitriles is 1. The highest BCUT2D eigenvalue weighted by Gasteiger charge is 2.22. The van der Waals surface area contributed by atoms with Gasteiger partial charge in [-0.25, -0.2) is 0 Å². The molecule has 2 aromatic carbocycles. The first-order chi connectivity index (χ1) is 20.2. The standard InChI is InChI=1S/C33H37N5O4/c1-6-8-16-38(17-10-15-34)32(40)23-13-14-24(28(18-23)42-30-21(3)11-9-12-22(30)4)26-20-37(5)33(41)29-25(26)19-27(36-29)31(39)35-7-2/h9,11-14,18-20,36H,6-8,10,16-17H2,1-5H3,(H,35,39). The van der Waals surface area contributed by atoms with Crippen molar-refractivity contribution < 1.29 is 14.3 Å². The molecule has 4 rings (SSSR count). The predicted octanol–water partition coefficient (Wildman–Crippen LogP) is 5.85. The molecule has 2 N–H and O–H groups in total. The third-order valence-electron chi connectivity index (χ3n) is 7.25. The lowest BCUT2D eigenvalue weighted by Crippen LogP contribution is -2.32. The van der Waals surface area contributed by atoms with E-state index in [4.69, 9.17) is 10.00 Å². The molecule has 2 aromatic heterocycles. The number of amides is 2. The van der Waals surface area contributed by atoms with Gasteiger partial charge in [-0.05, 0) is 62.6 Å². The van der Waals surface area contributed by atoms with Gasteiger partial charge in [-0.15, -0.1) is 0 Å². The summed E-state index contributed by atoms with van der Waals surface area (Å²) in [6.45, 7) is 9.16. The number of aromatic amines is 1. The second kappa shape index (κ2) is 13.2. The fraction of sp³-hybridized carbons (Fsp3) is 0.333. The van der Waals surface area contributed by atoms with Crippen LogP contribution in [-0.2, 0) is 7.05 Å². The van der Waals surface area contributed by atoms with Crippen LogP contribution in [0.3, 0.4) is 0 Å². The van der Waals surface area contributed by atoms with E-state index in [1.54, 1.807) is 36.3 Å². The van der Waals surface area contributed by atoms with E-state index in [1.807, 2.05) is 45.0 Å². The number of nitrogens with one attached hydrogen (secondary N) is 2. The van der Waals surface area contributed by atoms with E-state index in [1.165, 1.54) is 4.57 Å². The second-order valence-electron chi connectivity index (χ2n) is 10.4. The third kappa shape index (κ3) is 6.23. The van der Waals surface area contributed by atoms with Gasteiger partial charge in [-0.2, -0.15) is 5.26 Å². The smallest absolute Gasteiger partial charge is 0.274 e. The number of ether oxygens (including phenoxy) is 1. The van der Waals surface area contributed by atoms with E-state index in [0.29, 0.717) is 58.7 Å². The van der Waals surface area contributed by atoms with E-state index in [0.717, 1.165) is 24.0 Å². The zero-order valence-electron chi connectivity index (χ0n) is 24.8. The highest BCUT2D eigenvalue weighted by Crippen LogP contribution is 2.39. The van der Waals surface area contributed by atoms with Crippen LogP contribution in [0.15, 0.2) is 53.5 Å². The molecule has 218 valence electrons. The lowest BCUT2D eigenvalue weighted by Gasteiger charge is -2.23. The van der Waals surface area contributed by atoms with Crippen LogP contribution in [0.1, 0.15) is 65.1 Å². The van der Waals surface area contributed by atoms with Crippen molar-refractivity contribution in [3.05, 3.63) is 81.4 Å². The van der Waals surface area contributed by atoms with Crippen molar-refractivity contribution in [3.63, 3.8) is 0 Å². The first-order valence-electron chi connectivity index (χ1n) is 14.2. The highest BCUT2D eigenvalue weighted by atomic mass is 16.5. The number of hydrogen-bond donors (Lipinski definition) is 2. The largest absolute Gasteiger partial charge is 0.456 e. The predicted molar refractivity (Wildman–Crippen MR) is 164 cm³/mol. The molecule has 2 heterocycles. The highest BCUT2D eigenvalue weighted by molar-refractivity contribution is 6.04. The number of unbranched alkanes of at least 4 members (excludes halogenated alkanes) is 1. The van der Waals surface area contributed by atoms with Gasteiger partial charge < -0.3 is 24.5 Å². The average Bonchev–Trinajstić information content (AvgIpc) is 3.43. The number of carbonyl (C=O) groups excluding carboxylic acids is 2. The number of pyridine rings is 1. The summed E-state index contributed by atoms with van der Waals surface area (Å²) in [5.74, 6) is 0.630. The van der Waals surface area contributed by atoms with Crippen LogP contribution in [0.25, 0.3) is 22.0 Å². The Labute approximate surface area is 245 Å². The Morgan fingerprint density at radius 1 is 1.07 bits per heavy atom. The number of carbonyl (C=O) groups is 2. The van der Waals surface area contributed by atoms with Crippen LogP contribution in [-0.4, -0.2) is 45.9 Å². The molecule has 2 amide bonds. The Bertz CT molecular complexity index is 1710. The summed E-state index contributed by atoms with van der Waals surface area (Å²) < 4.78 is 8.03. The molecule has 4 aromatic rings. The van der Waals surface area contributed by atoms with E-state index in [9.17, 15) is 14.4 Å². The molecule has 0 spiro atoms. The van der Waals surface area contributed by atoms with Crippen molar-refractivity contribution in [2.24, 2.45) is 7.05 Å². The summed E-state index contributed by atoms with van der Waals surface area (Å²) in [4.78, 5) is 44.1. The molecule has 0 aliphatic heterocycles. The summed E-state index contributed by atoms with van der Waals surface area (Å²) in [5, 5.41) is 12.5. The molecule has 0 aliphatic rings. The molecule has 9 nitrogen and oxygen atoms in total. The van der Waals surface area contributed by atoms with Gasteiger partial charge in [0.2, 0.25) is 0 Å². The summed E-state index contributed by atoms with van der Waals surface area (Å²) in [6, 6.07) is 15.0. The van der Waals surface area contributed by atoms with Gasteiger partial charge in [-0.3, -0.25) is 14.4 Å². The lowest BCUT2D eigenvalue weighted by atomic mass is 10.00. The number of para-hydroxylation sites is 1. The quantitative estimate of drug-likeness (QED) is 0.236. The van der Waals surface area contributed by atoms with Crippen molar-refractivity contribution in [1.29, 1.82) is 5.26 Å². The summed E-state index contributed by atoms with van der Waals surface area (Å²) >= 11 is 0. The van der Waals surface area contributed by atoms with Crippen LogP contribution in [0.5, 0.6) is 11.5 Å². The molecule has 0 fully saturated rings. The maximum Gasteiger partial charge on any atom is 0.274 e. The van der Waals surface area contributed by atoms with Gasteiger partial charge >= 0.3 is 0 Å². The van der Waals surface area contributed by atoms with Gasteiger partial charge in [0.25, 0.3) is 17.4 Å². The zero-order chi connectivity index (χ0) is 30.4. The minimum atomic E-state index is -0.306. The van der Waals surface area contributed by atoms with Crippen LogP contribution < -0.4 is 15.6 Å². The normalized spacial score (nSPS) is 10.9. The SMILES string of the molecule is CCCCN(CCC#N)C(=O)c1ccc(-c2cn(C)c(=O)c3[nH]c(C(=O)NCC)cc23)c(Oc2c(C)cccc2C)c1. The van der Waals surface area contributed by atoms with Gasteiger partial charge in [0, 0.05) is 55.0 Å². The maximum absolute atomic E-state index is 13.7. The third-order valence-corrected chi connectivity index (χ3v) is 7.25. The minimum absolute atomic E-state index is 0.178. The van der Waals surface area contributed by atoms with Crippen LogP contribution in [0.4, 0.5) is 0 Å². The Morgan fingerprint density at radius 2 is 1.81 bits per heavy atom. The molecule has 42 heavy (non-hydrogen) atoms. The molecule has 0 saturated heterocycles. The molecular formula is C33H37N5O4. The summed E-state index contributed by atoms with van der Waals surface area (Å²) in [7, 11) is 1.66. The molecule has 9 heteroatoms. The number of H-pyrrole nitrogens is 1. The van der Waals surface area contributed by atoms with Gasteiger partial charge in [0.05, 0.1) is 12.5 Å². The molecule has 0 atom stereocenters. The fourth-order valence-corrected chi connectivity index (χ4v) is 4.99. The molecule has 0 unspecified atom stereocenters. The van der Waals surface area contributed by atoms with Crippen LogP contribution in [0.2, 0.25) is 0 Å². The first-order valence-corrected chi connectivity index (χ1v) is 14.2. The van der Waals surface area contributed by atoms with Crippen molar-refractivity contribution >= 4 is 22.7 Å². The Morgan fingerprint density at radius 3 is 2.48 bits per heavy atom. The number of rotatable bonds is 11. The van der Waals surface area contributed by atoms with Gasteiger partial charge in [0.1, 0.15) is 22.7 Å². The van der Waals surface area contributed by atoms with E-state index in [2.05, 4.69) is 23.3 Å². The fourth-order valence-electron chi connectivity index (χ4n) is 4.99. The zero-order valence-corrected chi connectivity index (χ0v) is 24.8. The number of benzene rings is 2. The molecular weight excluding hydrogens is 530 g/mol. The average molecular weight is 568 g/mol. The Balaban J connectivity index is 1.92. The molecule has 0 bridgehead atoms. The van der Waals surface area contributed by atoms with Gasteiger partial charge in [-0.1, -0.05) is 31.5 Å². The van der Waals surface area contributed by atoms with Gasteiger partial charge in [0.15, 0.2) is 0 Å². The number of hydrogen-bond acceptors (Lipinski definition) is 5. The lowest BCUT2D eigenvalue weighted by molar-refractivity contribution is 0.0756. The first kappa shape index (κ1) is 30.1. The van der Waals surface area contributed by atoms with E-state index >= 15 is 0 Å². The topological polar surface area (TPSA) is 120 Å². The van der Waals surface area contributed by atoms with Crippen molar-refractivity contribution in [2.45, 2.75) is 47.0 Å². The minimum Gasteiger partial charge on any atom is -0.456 e. The van der Waals surface area contributed by atoms with Crippen LogP contribution in [0, 0.1) is 25.2 Å². The second-order valence-corrected chi connectivity index (χ2v) is 10.4. The maximum atomic E-state index is 13.7. The molecule has 0 radical (unpaired) electrons. The van der Waals surface area contributed by atoms with E-state index < -0.39 is 0 Å². The number of aryl methyl sites for hydroxylation is 3. The Hall–Kier alpha value is -4.84. The monoisotopic (exact) mass is 567 g/mol. The Kier molecular flexibility index (Phi) is 9.48. The van der Waals surface area contributed by atoms with Crippen molar-refractivity contribution in [3.8, 4) is 28.7 Å². The van der Waals surface area contributed by atoms with E-state index in [-0.39, 0.29) is 29.5 Å². The number of aromatic nitrogens is 2. The summed E-state index contributed by atoms with van der Waals surface area (Å²) in [5.41, 5.74) is 3.95. The van der Waals surface area contributed by atoms with Crippen molar-refractivity contribution in [1.82, 2.24) is 19.8 Å². The molecule has 0 aliphatic carbocycles. The van der Waals surface area contributed by atoms with Crippen LogP contribution >= 0.6 is 0 Å². The number of fused-ring (bicyclic) bond motifs is 1. The molecule has 0 saturated carbocycles.